The average molecular weight is 285 g/mol. The van der Waals surface area contributed by atoms with Crippen LogP contribution in [0.1, 0.15) is 60.8 Å². The monoisotopic (exact) mass is 285 g/mol. The van der Waals surface area contributed by atoms with Crippen molar-refractivity contribution in [2.75, 3.05) is 19.7 Å². The summed E-state index contributed by atoms with van der Waals surface area (Å²) >= 11 is 0. The van der Waals surface area contributed by atoms with E-state index in [0.29, 0.717) is 5.92 Å². The molecule has 1 aliphatic heterocycles. The third-order valence-electron chi connectivity index (χ3n) is 3.33. The van der Waals surface area contributed by atoms with Gasteiger partial charge in [0.15, 0.2) is 0 Å². The summed E-state index contributed by atoms with van der Waals surface area (Å²) in [5.41, 5.74) is -0.467. The van der Waals surface area contributed by atoms with Gasteiger partial charge in [0.05, 0.1) is 5.60 Å². The Bertz CT molecular complexity index is 307. The molecule has 118 valence electrons. The lowest BCUT2D eigenvalue weighted by Gasteiger charge is -2.33. The summed E-state index contributed by atoms with van der Waals surface area (Å²) in [7, 11) is 0. The number of hydrogen-bond donors (Lipinski definition) is 0. The van der Waals surface area contributed by atoms with Crippen LogP contribution in [0.25, 0.3) is 0 Å². The second-order valence-electron chi connectivity index (χ2n) is 7.66. The summed E-state index contributed by atoms with van der Waals surface area (Å²) in [4.78, 5) is 13.8. The smallest absolute Gasteiger partial charge is 0.410 e. The Kier molecular flexibility index (Phi) is 5.87. The van der Waals surface area contributed by atoms with E-state index in [1.165, 1.54) is 0 Å². The van der Waals surface area contributed by atoms with Gasteiger partial charge in [-0.1, -0.05) is 0 Å². The van der Waals surface area contributed by atoms with Gasteiger partial charge in [0.1, 0.15) is 5.60 Å². The summed E-state index contributed by atoms with van der Waals surface area (Å²) < 4.78 is 11.2. The predicted molar refractivity (Wildman–Crippen MR) is 80.9 cm³/mol. The van der Waals surface area contributed by atoms with Crippen LogP contribution in [0, 0.1) is 5.92 Å². The molecule has 20 heavy (non-hydrogen) atoms. The molecule has 0 radical (unpaired) electrons. The van der Waals surface area contributed by atoms with Crippen LogP contribution in [0.4, 0.5) is 4.79 Å². The lowest BCUT2D eigenvalue weighted by Crippen LogP contribution is -2.41. The zero-order chi connectivity index (χ0) is 15.4. The summed E-state index contributed by atoms with van der Waals surface area (Å²) in [6.07, 6.45) is 3.00. The maximum Gasteiger partial charge on any atom is 0.410 e. The number of hydrogen-bond acceptors (Lipinski definition) is 3. The standard InChI is InChI=1S/C16H31NO3/c1-15(2,3)19-12-9-13-7-10-17(11-8-13)14(18)20-16(4,5)6/h13H,7-12H2,1-6H3. The van der Waals surface area contributed by atoms with E-state index < -0.39 is 5.60 Å². The van der Waals surface area contributed by atoms with Crippen molar-refractivity contribution < 1.29 is 14.3 Å². The van der Waals surface area contributed by atoms with Crippen LogP contribution in [-0.4, -0.2) is 41.9 Å². The first-order chi connectivity index (χ1) is 9.07. The maximum atomic E-state index is 11.9. The lowest BCUT2D eigenvalue weighted by molar-refractivity contribution is -0.0142. The Morgan fingerprint density at radius 2 is 1.60 bits per heavy atom. The van der Waals surface area contributed by atoms with Gasteiger partial charge in [-0.05, 0) is 66.7 Å². The van der Waals surface area contributed by atoms with E-state index in [1.54, 1.807) is 0 Å². The molecule has 1 heterocycles. The fourth-order valence-corrected chi connectivity index (χ4v) is 2.26. The highest BCUT2D eigenvalue weighted by Crippen LogP contribution is 2.23. The highest BCUT2D eigenvalue weighted by Gasteiger charge is 2.26. The minimum absolute atomic E-state index is 0.0583. The molecule has 0 atom stereocenters. The van der Waals surface area contributed by atoms with Crippen LogP contribution in [0.2, 0.25) is 0 Å². The molecule has 0 N–H and O–H groups in total. The Morgan fingerprint density at radius 3 is 2.05 bits per heavy atom. The minimum atomic E-state index is -0.408. The first kappa shape index (κ1) is 17.3. The number of carbonyl (C=O) groups excluding carboxylic acids is 1. The molecule has 0 spiro atoms. The summed E-state index contributed by atoms with van der Waals surface area (Å²) in [6, 6.07) is 0. The Hall–Kier alpha value is -0.770. The lowest BCUT2D eigenvalue weighted by atomic mass is 9.94. The molecule has 0 unspecified atom stereocenters. The molecule has 0 aliphatic carbocycles. The van der Waals surface area contributed by atoms with Crippen LogP contribution < -0.4 is 0 Å². The molecule has 1 aliphatic rings. The van der Waals surface area contributed by atoms with Gasteiger partial charge in [0.2, 0.25) is 0 Å². The molecular weight excluding hydrogens is 254 g/mol. The summed E-state index contributed by atoms with van der Waals surface area (Å²) in [5.74, 6) is 0.663. The van der Waals surface area contributed by atoms with Crippen molar-refractivity contribution in [3.63, 3.8) is 0 Å². The number of ether oxygens (including phenoxy) is 2. The molecule has 0 bridgehead atoms. The fraction of sp³-hybridized carbons (Fsp3) is 0.938. The van der Waals surface area contributed by atoms with Crippen LogP contribution in [0.15, 0.2) is 0 Å². The van der Waals surface area contributed by atoms with Crippen molar-refractivity contribution in [1.82, 2.24) is 4.90 Å². The molecule has 1 rings (SSSR count). The Labute approximate surface area is 123 Å². The highest BCUT2D eigenvalue weighted by molar-refractivity contribution is 5.68. The highest BCUT2D eigenvalue weighted by atomic mass is 16.6. The number of piperidine rings is 1. The molecule has 1 amide bonds. The van der Waals surface area contributed by atoms with Crippen LogP contribution >= 0.6 is 0 Å². The van der Waals surface area contributed by atoms with Crippen molar-refractivity contribution in [2.24, 2.45) is 5.92 Å². The van der Waals surface area contributed by atoms with Gasteiger partial charge >= 0.3 is 6.09 Å². The largest absolute Gasteiger partial charge is 0.444 e. The van der Waals surface area contributed by atoms with Gasteiger partial charge in [-0.3, -0.25) is 0 Å². The van der Waals surface area contributed by atoms with Crippen LogP contribution in [0.5, 0.6) is 0 Å². The number of carbonyl (C=O) groups is 1. The van der Waals surface area contributed by atoms with Crippen molar-refractivity contribution >= 4 is 6.09 Å². The summed E-state index contributed by atoms with van der Waals surface area (Å²) in [6.45, 7) is 14.4. The number of likely N-dealkylation sites (tertiary alicyclic amines) is 1. The SMILES string of the molecule is CC(C)(C)OCCC1CCN(C(=O)OC(C)(C)C)CC1. The quantitative estimate of drug-likeness (QED) is 0.791. The zero-order valence-electron chi connectivity index (χ0n) is 14.0. The molecular formula is C16H31NO3. The Balaban J connectivity index is 2.25. The predicted octanol–water partition coefficient (Wildman–Crippen LogP) is 3.84. The molecule has 0 saturated carbocycles. The van der Waals surface area contributed by atoms with Crippen molar-refractivity contribution in [3.8, 4) is 0 Å². The first-order valence-electron chi connectivity index (χ1n) is 7.69. The average Bonchev–Trinajstić information content (AvgIpc) is 2.25. The van der Waals surface area contributed by atoms with Gasteiger partial charge in [0.25, 0.3) is 0 Å². The molecule has 4 nitrogen and oxygen atoms in total. The minimum Gasteiger partial charge on any atom is -0.444 e. The van der Waals surface area contributed by atoms with E-state index in [9.17, 15) is 4.79 Å². The van der Waals surface area contributed by atoms with Crippen LogP contribution in [-0.2, 0) is 9.47 Å². The molecule has 1 saturated heterocycles. The second-order valence-corrected chi connectivity index (χ2v) is 7.66. The van der Waals surface area contributed by atoms with Gasteiger partial charge in [-0.2, -0.15) is 0 Å². The van der Waals surface area contributed by atoms with Gasteiger partial charge in [-0.25, -0.2) is 4.79 Å². The second kappa shape index (κ2) is 6.79. The van der Waals surface area contributed by atoms with E-state index in [1.807, 2.05) is 25.7 Å². The first-order valence-corrected chi connectivity index (χ1v) is 7.69. The fourth-order valence-electron chi connectivity index (χ4n) is 2.26. The summed E-state index contributed by atoms with van der Waals surface area (Å²) in [5, 5.41) is 0. The molecule has 1 fully saturated rings. The van der Waals surface area contributed by atoms with Crippen molar-refractivity contribution in [1.29, 1.82) is 0 Å². The van der Waals surface area contributed by atoms with Crippen molar-refractivity contribution in [2.45, 2.75) is 72.0 Å². The molecule has 0 aromatic heterocycles. The van der Waals surface area contributed by atoms with E-state index in [2.05, 4.69) is 20.8 Å². The molecule has 0 aromatic carbocycles. The topological polar surface area (TPSA) is 38.8 Å². The third kappa shape index (κ3) is 7.13. The van der Waals surface area contributed by atoms with E-state index in [4.69, 9.17) is 9.47 Å². The number of amides is 1. The van der Waals surface area contributed by atoms with Gasteiger partial charge < -0.3 is 14.4 Å². The maximum absolute atomic E-state index is 11.9. The van der Waals surface area contributed by atoms with E-state index >= 15 is 0 Å². The molecule has 0 aromatic rings. The zero-order valence-corrected chi connectivity index (χ0v) is 14.0. The van der Waals surface area contributed by atoms with Gasteiger partial charge in [0, 0.05) is 19.7 Å². The number of rotatable bonds is 3. The molecule has 4 heteroatoms. The van der Waals surface area contributed by atoms with E-state index in [0.717, 1.165) is 39.0 Å². The van der Waals surface area contributed by atoms with Crippen molar-refractivity contribution in [3.05, 3.63) is 0 Å². The normalized spacial score (nSPS) is 18.2. The van der Waals surface area contributed by atoms with Gasteiger partial charge in [-0.15, -0.1) is 0 Å². The van der Waals surface area contributed by atoms with E-state index in [-0.39, 0.29) is 11.7 Å². The third-order valence-corrected chi connectivity index (χ3v) is 3.33. The Morgan fingerprint density at radius 1 is 1.05 bits per heavy atom. The van der Waals surface area contributed by atoms with Crippen LogP contribution in [0.3, 0.4) is 0 Å². The number of nitrogens with zero attached hydrogens (tertiary/aromatic N) is 1.